The van der Waals surface area contributed by atoms with Crippen LogP contribution in [0.4, 0.5) is 5.69 Å². The second-order valence-electron chi connectivity index (χ2n) is 8.69. The number of carbonyl (C=O) groups excluding carboxylic acids is 2. The molecule has 2 bridgehead atoms. The van der Waals surface area contributed by atoms with Crippen molar-refractivity contribution in [3.8, 4) is 6.07 Å². The van der Waals surface area contributed by atoms with Gasteiger partial charge < -0.3 is 0 Å². The third-order valence-electron chi connectivity index (χ3n) is 7.09. The summed E-state index contributed by atoms with van der Waals surface area (Å²) in [5, 5.41) is 9.52. The highest BCUT2D eigenvalue weighted by molar-refractivity contribution is 6.24. The largest absolute Gasteiger partial charge is 0.274 e. The van der Waals surface area contributed by atoms with Gasteiger partial charge in [0.25, 0.3) is 0 Å². The number of nitriles is 1. The number of rotatable bonds is 3. The van der Waals surface area contributed by atoms with Crippen LogP contribution in [0.2, 0.25) is 0 Å². The van der Waals surface area contributed by atoms with Gasteiger partial charge in [-0.3, -0.25) is 9.59 Å². The second-order valence-corrected chi connectivity index (χ2v) is 8.69. The van der Waals surface area contributed by atoms with Crippen molar-refractivity contribution in [3.05, 3.63) is 119 Å². The van der Waals surface area contributed by atoms with E-state index in [0.29, 0.717) is 11.3 Å². The van der Waals surface area contributed by atoms with E-state index in [4.69, 9.17) is 0 Å². The monoisotopic (exact) mass is 428 g/mol. The predicted molar refractivity (Wildman–Crippen MR) is 126 cm³/mol. The summed E-state index contributed by atoms with van der Waals surface area (Å²) in [5.74, 6) is -1.55. The van der Waals surface area contributed by atoms with E-state index in [0.717, 1.165) is 22.3 Å². The fraction of sp³-hybridized carbons (Fsp3) is 0.138. The SMILES string of the molecule is N#Cc1ccccc1N1C(=O)[C@H]2[C@H](C1=O)[C@H]1C=C[C@@H]2C1=C(c1ccccc1)c1ccccc1. The van der Waals surface area contributed by atoms with Crippen molar-refractivity contribution in [1.29, 1.82) is 5.26 Å². The van der Waals surface area contributed by atoms with Crippen LogP contribution >= 0.6 is 0 Å². The number of amides is 2. The average Bonchev–Trinajstić information content (AvgIpc) is 3.50. The van der Waals surface area contributed by atoms with Gasteiger partial charge in [0.05, 0.1) is 23.1 Å². The van der Waals surface area contributed by atoms with Gasteiger partial charge in [0, 0.05) is 11.8 Å². The van der Waals surface area contributed by atoms with Crippen LogP contribution in [-0.2, 0) is 9.59 Å². The smallest absolute Gasteiger partial charge is 0.238 e. The Balaban J connectivity index is 1.50. The van der Waals surface area contributed by atoms with Crippen molar-refractivity contribution in [2.75, 3.05) is 4.90 Å². The Labute approximate surface area is 192 Å². The zero-order valence-electron chi connectivity index (χ0n) is 17.8. The molecule has 2 fully saturated rings. The molecule has 4 nitrogen and oxygen atoms in total. The fourth-order valence-corrected chi connectivity index (χ4v) is 5.81. The Morgan fingerprint density at radius 2 is 1.18 bits per heavy atom. The molecule has 3 aliphatic rings. The van der Waals surface area contributed by atoms with Crippen molar-refractivity contribution < 1.29 is 9.59 Å². The first-order valence-electron chi connectivity index (χ1n) is 11.1. The number of imide groups is 1. The first kappa shape index (κ1) is 19.5. The molecule has 33 heavy (non-hydrogen) atoms. The number of anilines is 1. The van der Waals surface area contributed by atoms with E-state index < -0.39 is 11.8 Å². The third-order valence-corrected chi connectivity index (χ3v) is 7.09. The van der Waals surface area contributed by atoms with Crippen LogP contribution in [0.3, 0.4) is 0 Å². The average molecular weight is 428 g/mol. The molecule has 1 heterocycles. The molecule has 4 atom stereocenters. The number of para-hydroxylation sites is 1. The topological polar surface area (TPSA) is 61.2 Å². The highest BCUT2D eigenvalue weighted by Gasteiger charge is 2.62. The Bertz CT molecular complexity index is 1310. The van der Waals surface area contributed by atoms with Crippen LogP contribution in [0, 0.1) is 35.0 Å². The molecular weight excluding hydrogens is 408 g/mol. The standard InChI is InChI=1S/C29H20N2O2/c30-17-20-13-7-8-14-23(20)31-28(32)26-21-15-16-22(27(26)29(31)33)25(21)24(18-9-3-1-4-10-18)19-11-5-2-6-12-19/h1-16,21-22,26-27H/t21-,22+,26-,27-/m1/s1. The van der Waals surface area contributed by atoms with E-state index in [9.17, 15) is 14.9 Å². The molecule has 2 amide bonds. The van der Waals surface area contributed by atoms with Crippen LogP contribution in [0.5, 0.6) is 0 Å². The minimum Gasteiger partial charge on any atom is -0.274 e. The lowest BCUT2D eigenvalue weighted by molar-refractivity contribution is -0.122. The summed E-state index contributed by atoms with van der Waals surface area (Å²) in [4.78, 5) is 28.5. The molecule has 3 aromatic carbocycles. The predicted octanol–water partition coefficient (Wildman–Crippen LogP) is 4.98. The van der Waals surface area contributed by atoms with Crippen LogP contribution in [-0.4, -0.2) is 11.8 Å². The molecule has 0 spiro atoms. The van der Waals surface area contributed by atoms with Crippen molar-refractivity contribution in [1.82, 2.24) is 0 Å². The first-order valence-corrected chi connectivity index (χ1v) is 11.1. The molecule has 6 rings (SSSR count). The number of carbonyl (C=O) groups is 2. The van der Waals surface area contributed by atoms with Gasteiger partial charge in [-0.2, -0.15) is 5.26 Å². The van der Waals surface area contributed by atoms with Gasteiger partial charge in [0.15, 0.2) is 0 Å². The molecule has 0 unspecified atom stereocenters. The van der Waals surface area contributed by atoms with Gasteiger partial charge >= 0.3 is 0 Å². The molecule has 4 heteroatoms. The number of allylic oxidation sites excluding steroid dienone is 3. The summed E-state index contributed by atoms with van der Waals surface area (Å²) in [5.41, 5.74) is 5.16. The van der Waals surface area contributed by atoms with Gasteiger partial charge in [0.2, 0.25) is 11.8 Å². The first-order chi connectivity index (χ1) is 16.2. The Kier molecular flexibility index (Phi) is 4.38. The van der Waals surface area contributed by atoms with Gasteiger partial charge in [-0.15, -0.1) is 0 Å². The van der Waals surface area contributed by atoms with E-state index in [1.807, 2.05) is 36.4 Å². The van der Waals surface area contributed by atoms with Crippen molar-refractivity contribution in [2.45, 2.75) is 0 Å². The molecule has 158 valence electrons. The van der Waals surface area contributed by atoms with Gasteiger partial charge in [-0.1, -0.05) is 84.9 Å². The fourth-order valence-electron chi connectivity index (χ4n) is 5.81. The number of benzene rings is 3. The van der Waals surface area contributed by atoms with E-state index in [-0.39, 0.29) is 23.7 Å². The molecule has 1 saturated carbocycles. The molecule has 2 aliphatic carbocycles. The highest BCUT2D eigenvalue weighted by atomic mass is 16.2. The lowest BCUT2D eigenvalue weighted by atomic mass is 9.85. The molecule has 0 radical (unpaired) electrons. The summed E-state index contributed by atoms with van der Waals surface area (Å²) in [6, 6.07) is 29.3. The van der Waals surface area contributed by atoms with Crippen molar-refractivity contribution in [2.24, 2.45) is 23.7 Å². The van der Waals surface area contributed by atoms with E-state index in [2.05, 4.69) is 42.5 Å². The van der Waals surface area contributed by atoms with Crippen LogP contribution < -0.4 is 4.90 Å². The molecular formula is C29H20N2O2. The van der Waals surface area contributed by atoms with E-state index >= 15 is 0 Å². The van der Waals surface area contributed by atoms with E-state index in [1.165, 1.54) is 4.90 Å². The summed E-state index contributed by atoms with van der Waals surface area (Å²) in [7, 11) is 0. The molecule has 0 N–H and O–H groups in total. The normalized spacial score (nSPS) is 24.8. The Hall–Kier alpha value is -4.23. The zero-order valence-corrected chi connectivity index (χ0v) is 17.8. The van der Waals surface area contributed by atoms with Crippen molar-refractivity contribution in [3.63, 3.8) is 0 Å². The summed E-state index contributed by atoms with van der Waals surface area (Å²) in [6.07, 6.45) is 4.19. The lowest BCUT2D eigenvalue weighted by Gasteiger charge is -2.22. The second kappa shape index (κ2) is 7.43. The Morgan fingerprint density at radius 3 is 1.70 bits per heavy atom. The third kappa shape index (κ3) is 2.76. The molecule has 3 aromatic rings. The summed E-state index contributed by atoms with van der Waals surface area (Å²) in [6.45, 7) is 0. The number of fused-ring (bicyclic) bond motifs is 5. The van der Waals surface area contributed by atoms with Gasteiger partial charge in [-0.05, 0) is 34.4 Å². The number of hydrogen-bond donors (Lipinski definition) is 0. The number of hydrogen-bond acceptors (Lipinski definition) is 3. The van der Waals surface area contributed by atoms with Gasteiger partial charge in [-0.25, -0.2) is 4.90 Å². The lowest BCUT2D eigenvalue weighted by Crippen LogP contribution is -2.33. The summed E-state index contributed by atoms with van der Waals surface area (Å²) >= 11 is 0. The number of nitrogens with zero attached hydrogens (tertiary/aromatic N) is 2. The maximum Gasteiger partial charge on any atom is 0.238 e. The minimum atomic E-state index is -0.434. The summed E-state index contributed by atoms with van der Waals surface area (Å²) < 4.78 is 0. The molecule has 1 saturated heterocycles. The van der Waals surface area contributed by atoms with E-state index in [1.54, 1.807) is 24.3 Å². The molecule has 0 aromatic heterocycles. The Morgan fingerprint density at radius 1 is 0.697 bits per heavy atom. The maximum absolute atomic E-state index is 13.6. The van der Waals surface area contributed by atoms with Crippen molar-refractivity contribution >= 4 is 23.1 Å². The quantitative estimate of drug-likeness (QED) is 0.437. The highest BCUT2D eigenvalue weighted by Crippen LogP contribution is 2.59. The van der Waals surface area contributed by atoms with Crippen LogP contribution in [0.15, 0.2) is 103 Å². The minimum absolute atomic E-state index is 0.133. The van der Waals surface area contributed by atoms with Gasteiger partial charge in [0.1, 0.15) is 6.07 Å². The van der Waals surface area contributed by atoms with Crippen LogP contribution in [0.25, 0.3) is 5.57 Å². The van der Waals surface area contributed by atoms with Crippen LogP contribution in [0.1, 0.15) is 16.7 Å². The molecule has 1 aliphatic heterocycles. The zero-order chi connectivity index (χ0) is 22.5. The maximum atomic E-state index is 13.6.